The molecule has 24 heavy (non-hydrogen) atoms. The first-order chi connectivity index (χ1) is 11.3. The highest BCUT2D eigenvalue weighted by Crippen LogP contribution is 2.22. The topological polar surface area (TPSA) is 58.5 Å². The highest BCUT2D eigenvalue weighted by Gasteiger charge is 2.15. The number of nitrogens with zero attached hydrogens (tertiary/aromatic N) is 2. The summed E-state index contributed by atoms with van der Waals surface area (Å²) in [6.07, 6.45) is 9.49. The van der Waals surface area contributed by atoms with Crippen LogP contribution in [0.3, 0.4) is 0 Å². The summed E-state index contributed by atoms with van der Waals surface area (Å²) >= 11 is 0. The molecule has 0 aromatic carbocycles. The van der Waals surface area contributed by atoms with Gasteiger partial charge in [0.1, 0.15) is 6.10 Å². The Morgan fingerprint density at radius 2 is 2.00 bits per heavy atom. The maximum absolute atomic E-state index is 5.96. The summed E-state index contributed by atoms with van der Waals surface area (Å²) in [5.41, 5.74) is 1.09. The molecule has 2 N–H and O–H groups in total. The van der Waals surface area contributed by atoms with Crippen LogP contribution >= 0.6 is 24.0 Å². The molecule has 0 spiro atoms. The number of guanidine groups is 1. The molecule has 5 nitrogen and oxygen atoms in total. The van der Waals surface area contributed by atoms with E-state index in [1.54, 1.807) is 0 Å². The molecule has 1 saturated carbocycles. The third-order valence-corrected chi connectivity index (χ3v) is 3.94. The molecule has 6 heteroatoms. The maximum Gasteiger partial charge on any atom is 0.213 e. The van der Waals surface area contributed by atoms with Crippen molar-refractivity contribution in [2.75, 3.05) is 13.1 Å². The molecule has 2 rings (SSSR count). The van der Waals surface area contributed by atoms with Crippen molar-refractivity contribution in [3.63, 3.8) is 0 Å². The van der Waals surface area contributed by atoms with Crippen LogP contribution in [0.4, 0.5) is 0 Å². The van der Waals surface area contributed by atoms with Crippen molar-refractivity contribution in [1.82, 2.24) is 15.6 Å². The van der Waals surface area contributed by atoms with Crippen molar-refractivity contribution < 1.29 is 4.74 Å². The Labute approximate surface area is 163 Å². The van der Waals surface area contributed by atoms with E-state index >= 15 is 0 Å². The van der Waals surface area contributed by atoms with Crippen molar-refractivity contribution in [2.24, 2.45) is 4.99 Å². The van der Waals surface area contributed by atoms with E-state index in [1.165, 1.54) is 19.3 Å². The second-order valence-corrected chi connectivity index (χ2v) is 6.00. The van der Waals surface area contributed by atoms with Crippen LogP contribution in [0.2, 0.25) is 0 Å². The number of aliphatic imine (C=N–C) groups is 1. The Hall–Kier alpha value is -1.05. The van der Waals surface area contributed by atoms with E-state index in [2.05, 4.69) is 40.5 Å². The highest BCUT2D eigenvalue weighted by atomic mass is 127. The molecule has 1 fully saturated rings. The largest absolute Gasteiger partial charge is 0.474 e. The Kier molecular flexibility index (Phi) is 10.8. The highest BCUT2D eigenvalue weighted by molar-refractivity contribution is 14.0. The van der Waals surface area contributed by atoms with Crippen molar-refractivity contribution in [3.8, 4) is 5.88 Å². The lowest BCUT2D eigenvalue weighted by atomic mass is 9.98. The van der Waals surface area contributed by atoms with E-state index in [-0.39, 0.29) is 24.0 Å². The van der Waals surface area contributed by atoms with Crippen LogP contribution in [0.25, 0.3) is 0 Å². The lowest BCUT2D eigenvalue weighted by molar-refractivity contribution is 0.148. The van der Waals surface area contributed by atoms with E-state index < -0.39 is 0 Å². The van der Waals surface area contributed by atoms with Gasteiger partial charge >= 0.3 is 0 Å². The summed E-state index contributed by atoms with van der Waals surface area (Å²) in [5, 5.41) is 6.55. The zero-order valence-electron chi connectivity index (χ0n) is 14.9. The third-order valence-electron chi connectivity index (χ3n) is 3.94. The van der Waals surface area contributed by atoms with Gasteiger partial charge in [-0.3, -0.25) is 0 Å². The van der Waals surface area contributed by atoms with Crippen molar-refractivity contribution >= 4 is 29.9 Å². The molecule has 1 heterocycles. The molecule has 0 saturated heterocycles. The maximum atomic E-state index is 5.96. The number of nitrogens with one attached hydrogen (secondary N) is 2. The van der Waals surface area contributed by atoms with Gasteiger partial charge in [0.05, 0.1) is 6.54 Å². The summed E-state index contributed by atoms with van der Waals surface area (Å²) < 4.78 is 5.96. The summed E-state index contributed by atoms with van der Waals surface area (Å²) in [4.78, 5) is 9.01. The zero-order chi connectivity index (χ0) is 16.3. The molecule has 0 aliphatic heterocycles. The van der Waals surface area contributed by atoms with Crippen LogP contribution in [0, 0.1) is 0 Å². The molecule has 1 aliphatic rings. The van der Waals surface area contributed by atoms with Crippen molar-refractivity contribution in [3.05, 3.63) is 23.9 Å². The van der Waals surface area contributed by atoms with E-state index in [9.17, 15) is 0 Å². The van der Waals surface area contributed by atoms with Gasteiger partial charge in [0.25, 0.3) is 0 Å². The van der Waals surface area contributed by atoms with Gasteiger partial charge in [0, 0.05) is 25.4 Å². The minimum absolute atomic E-state index is 0. The monoisotopic (exact) mass is 446 g/mol. The standard InChI is InChI=1S/C18H30N4O.HI/c1-3-12-20-18(19-4-2)22-14-15-10-11-17(21-13-15)23-16-8-6-5-7-9-16;/h10-11,13,16H,3-9,12,14H2,1-2H3,(H2,19,20,22);1H. The summed E-state index contributed by atoms with van der Waals surface area (Å²) in [5.74, 6) is 1.59. The molecular formula is C18H31IN4O. The smallest absolute Gasteiger partial charge is 0.213 e. The van der Waals surface area contributed by atoms with Crippen LogP contribution in [-0.4, -0.2) is 30.1 Å². The van der Waals surface area contributed by atoms with Crippen LogP contribution in [0.15, 0.2) is 23.3 Å². The van der Waals surface area contributed by atoms with E-state index in [0.717, 1.165) is 49.8 Å². The SMILES string of the molecule is CCCNC(=NCc1ccc(OC2CCCCC2)nc1)NCC.I. The van der Waals surface area contributed by atoms with E-state index in [0.29, 0.717) is 12.6 Å². The average molecular weight is 446 g/mol. The predicted octanol–water partition coefficient (Wildman–Crippen LogP) is 3.88. The second-order valence-electron chi connectivity index (χ2n) is 6.00. The van der Waals surface area contributed by atoms with Gasteiger partial charge < -0.3 is 15.4 Å². The molecule has 1 aromatic rings. The number of rotatable bonds is 7. The predicted molar refractivity (Wildman–Crippen MR) is 110 cm³/mol. The van der Waals surface area contributed by atoms with Crippen LogP contribution < -0.4 is 15.4 Å². The number of aromatic nitrogens is 1. The van der Waals surface area contributed by atoms with Gasteiger partial charge in [-0.15, -0.1) is 24.0 Å². The first kappa shape index (κ1) is 21.0. The quantitative estimate of drug-likeness (QED) is 0.379. The average Bonchev–Trinajstić information content (AvgIpc) is 2.59. The minimum Gasteiger partial charge on any atom is -0.474 e. The molecule has 1 aliphatic carbocycles. The molecular weight excluding hydrogens is 415 g/mol. The molecule has 0 bridgehead atoms. The van der Waals surface area contributed by atoms with Gasteiger partial charge in [0.15, 0.2) is 5.96 Å². The van der Waals surface area contributed by atoms with Crippen LogP contribution in [0.5, 0.6) is 5.88 Å². The second kappa shape index (κ2) is 12.3. The summed E-state index contributed by atoms with van der Waals surface area (Å²) in [7, 11) is 0. The van der Waals surface area contributed by atoms with Gasteiger partial charge in [-0.2, -0.15) is 0 Å². The Morgan fingerprint density at radius 1 is 1.21 bits per heavy atom. The van der Waals surface area contributed by atoms with E-state index in [4.69, 9.17) is 4.74 Å². The molecule has 0 radical (unpaired) electrons. The lowest BCUT2D eigenvalue weighted by Crippen LogP contribution is -2.37. The zero-order valence-corrected chi connectivity index (χ0v) is 17.2. The fourth-order valence-electron chi connectivity index (χ4n) is 2.68. The first-order valence-electron chi connectivity index (χ1n) is 8.95. The summed E-state index contributed by atoms with van der Waals surface area (Å²) in [6, 6.07) is 4.02. The normalized spacial score (nSPS) is 15.5. The number of halogens is 1. The van der Waals surface area contributed by atoms with Gasteiger partial charge in [0.2, 0.25) is 5.88 Å². The molecule has 136 valence electrons. The van der Waals surface area contributed by atoms with Crippen molar-refractivity contribution in [1.29, 1.82) is 0 Å². The molecule has 0 unspecified atom stereocenters. The fraction of sp³-hybridized carbons (Fsp3) is 0.667. The summed E-state index contributed by atoms with van der Waals surface area (Å²) in [6.45, 7) is 6.63. The Bertz CT molecular complexity index is 472. The lowest BCUT2D eigenvalue weighted by Gasteiger charge is -2.22. The number of hydrogen-bond donors (Lipinski definition) is 2. The van der Waals surface area contributed by atoms with E-state index in [1.807, 2.05) is 12.3 Å². The minimum atomic E-state index is 0. The first-order valence-corrected chi connectivity index (χ1v) is 8.95. The third kappa shape index (κ3) is 7.68. The molecule has 0 atom stereocenters. The van der Waals surface area contributed by atoms with Gasteiger partial charge in [-0.25, -0.2) is 9.98 Å². The van der Waals surface area contributed by atoms with Gasteiger partial charge in [-0.05, 0) is 44.6 Å². The number of pyridine rings is 1. The molecule has 0 amide bonds. The van der Waals surface area contributed by atoms with Gasteiger partial charge in [-0.1, -0.05) is 19.4 Å². The fourth-order valence-corrected chi connectivity index (χ4v) is 2.68. The number of ether oxygens (including phenoxy) is 1. The van der Waals surface area contributed by atoms with Crippen LogP contribution in [0.1, 0.15) is 57.9 Å². The number of hydrogen-bond acceptors (Lipinski definition) is 3. The molecule has 1 aromatic heterocycles. The Balaban J connectivity index is 0.00000288. The Morgan fingerprint density at radius 3 is 2.62 bits per heavy atom. The van der Waals surface area contributed by atoms with Crippen LogP contribution in [-0.2, 0) is 6.54 Å². The van der Waals surface area contributed by atoms with Crippen molar-refractivity contribution in [2.45, 2.75) is 65.0 Å².